The first-order valence-corrected chi connectivity index (χ1v) is 15.3. The summed E-state index contributed by atoms with van der Waals surface area (Å²) in [5.41, 5.74) is 2.80. The third-order valence-corrected chi connectivity index (χ3v) is 9.08. The number of nitrogens with zero attached hydrogens (tertiary/aromatic N) is 3. The van der Waals surface area contributed by atoms with Gasteiger partial charge in [0.1, 0.15) is 11.6 Å². The lowest BCUT2D eigenvalue weighted by atomic mass is 9.48. The van der Waals surface area contributed by atoms with Crippen LogP contribution in [0.4, 0.5) is 17.6 Å². The van der Waals surface area contributed by atoms with Crippen molar-refractivity contribution in [2.45, 2.75) is 36.8 Å². The minimum atomic E-state index is -3.12. The van der Waals surface area contributed by atoms with Crippen molar-refractivity contribution in [1.82, 2.24) is 14.5 Å². The first-order chi connectivity index (χ1) is 19.8. The molecule has 0 spiro atoms. The van der Waals surface area contributed by atoms with Gasteiger partial charge in [0.2, 0.25) is 0 Å². The molecule has 0 saturated heterocycles. The van der Waals surface area contributed by atoms with Crippen LogP contribution < -0.4 is 10.0 Å². The average molecular weight is 587 g/mol. The maximum Gasteiger partial charge on any atom is 0.387 e. The van der Waals surface area contributed by atoms with E-state index in [1.807, 2.05) is 30.0 Å². The summed E-state index contributed by atoms with van der Waals surface area (Å²) in [6, 6.07) is 13.5. The van der Waals surface area contributed by atoms with E-state index in [2.05, 4.69) is 0 Å². The molecule has 0 saturated carbocycles. The quantitative estimate of drug-likeness (QED) is 0.112. The van der Waals surface area contributed by atoms with Crippen molar-refractivity contribution in [3.05, 3.63) is 77.1 Å². The Balaban J connectivity index is 1.74. The minimum absolute atomic E-state index is 0.0133. The Morgan fingerprint density at radius 2 is 1.76 bits per heavy atom. The van der Waals surface area contributed by atoms with Crippen molar-refractivity contribution < 1.29 is 27.1 Å². The Hall–Kier alpha value is -3.10. The standard InChI is InChI=1S/C29H25B3F4N3O2P/c1-38(29(30,31)32)22-13-21(25-17(14-40)5-4-6-23(25)41-28(35)36)39-20-12-16(7-9-19(20)37-27(22)39)15-8-10-24(42(2)3)18(11-15)26(33)34/h4-12,14,21-22,26,28H,13H2,1-3H3/t21-,22?/m1/s1. The van der Waals surface area contributed by atoms with Crippen molar-refractivity contribution in [2.75, 3.05) is 20.4 Å². The molecular formula is C29H25B3F4N3O2P. The molecule has 0 bridgehead atoms. The molecule has 0 aliphatic carbocycles. The summed E-state index contributed by atoms with van der Waals surface area (Å²) in [7, 11) is 18.9. The number of hydrogen-bond acceptors (Lipinski definition) is 4. The topological polar surface area (TPSA) is 47.4 Å². The van der Waals surface area contributed by atoms with Gasteiger partial charge in [-0.25, -0.2) is 13.8 Å². The lowest BCUT2D eigenvalue weighted by Gasteiger charge is -2.38. The van der Waals surface area contributed by atoms with Crippen molar-refractivity contribution in [3.63, 3.8) is 0 Å². The van der Waals surface area contributed by atoms with Gasteiger partial charge in [-0.2, -0.15) is 8.78 Å². The number of carbonyl (C=O) groups excluding carboxylic acids is 1. The zero-order valence-electron chi connectivity index (χ0n) is 23.1. The van der Waals surface area contributed by atoms with E-state index in [1.165, 1.54) is 29.2 Å². The van der Waals surface area contributed by atoms with Crippen LogP contribution in [0.1, 0.15) is 52.2 Å². The fourth-order valence-corrected chi connectivity index (χ4v) is 6.71. The molecule has 210 valence electrons. The van der Waals surface area contributed by atoms with Crippen molar-refractivity contribution in [3.8, 4) is 16.9 Å². The molecule has 5 rings (SSSR count). The van der Waals surface area contributed by atoms with Gasteiger partial charge in [0.25, 0.3) is 6.43 Å². The Morgan fingerprint density at radius 3 is 2.38 bits per heavy atom. The number of rotatable bonds is 9. The summed E-state index contributed by atoms with van der Waals surface area (Å²) < 4.78 is 61.5. The summed E-state index contributed by atoms with van der Waals surface area (Å²) >= 11 is 0. The molecule has 1 unspecified atom stereocenters. The van der Waals surface area contributed by atoms with E-state index >= 15 is 0 Å². The van der Waals surface area contributed by atoms with E-state index in [0.717, 1.165) is 0 Å². The maximum absolute atomic E-state index is 14.0. The highest BCUT2D eigenvalue weighted by Gasteiger charge is 2.41. The summed E-state index contributed by atoms with van der Waals surface area (Å²) in [5.74, 6) is 0.342. The number of fused-ring (bicyclic) bond motifs is 3. The number of alkyl halides is 4. The molecule has 2 heterocycles. The monoisotopic (exact) mass is 587 g/mol. The molecule has 4 aromatic rings. The van der Waals surface area contributed by atoms with Crippen LogP contribution in [0.15, 0.2) is 54.6 Å². The fraction of sp³-hybridized carbons (Fsp3) is 0.310. The van der Waals surface area contributed by atoms with E-state index in [1.54, 1.807) is 25.2 Å². The third kappa shape index (κ3) is 5.51. The van der Waals surface area contributed by atoms with Crippen molar-refractivity contribution >= 4 is 54.1 Å². The first kappa shape index (κ1) is 30.4. The number of aldehydes is 1. The normalized spacial score (nSPS) is 17.1. The number of aromatic nitrogens is 2. The Labute approximate surface area is 246 Å². The molecule has 1 aromatic heterocycles. The zero-order valence-corrected chi connectivity index (χ0v) is 24.0. The number of imidazole rings is 1. The van der Waals surface area contributed by atoms with Crippen molar-refractivity contribution in [2.24, 2.45) is 0 Å². The molecule has 42 heavy (non-hydrogen) atoms. The van der Waals surface area contributed by atoms with Crippen LogP contribution in [0.2, 0.25) is 0 Å². The van der Waals surface area contributed by atoms with Crippen LogP contribution in [-0.4, -0.2) is 76.5 Å². The summed E-state index contributed by atoms with van der Waals surface area (Å²) in [6.45, 7) is 0.723. The molecule has 0 amide bonds. The molecule has 0 N–H and O–H groups in total. The van der Waals surface area contributed by atoms with Crippen molar-refractivity contribution in [1.29, 1.82) is 0 Å². The van der Waals surface area contributed by atoms with Crippen LogP contribution in [0.5, 0.6) is 5.75 Å². The van der Waals surface area contributed by atoms with Gasteiger partial charge in [-0.1, -0.05) is 43.5 Å². The molecule has 1 aliphatic heterocycles. The van der Waals surface area contributed by atoms with E-state index in [9.17, 15) is 22.4 Å². The lowest BCUT2D eigenvalue weighted by molar-refractivity contribution is -0.0507. The Bertz CT molecular complexity index is 1640. The number of hydrogen-bond donors (Lipinski definition) is 0. The van der Waals surface area contributed by atoms with Gasteiger partial charge >= 0.3 is 6.61 Å². The van der Waals surface area contributed by atoms with E-state index < -0.39 is 38.3 Å². The van der Waals surface area contributed by atoms with Gasteiger partial charge in [-0.3, -0.25) is 4.79 Å². The summed E-state index contributed by atoms with van der Waals surface area (Å²) in [5, 5.41) is -1.11. The van der Waals surface area contributed by atoms with Crippen LogP contribution >= 0.6 is 7.92 Å². The number of halogens is 4. The van der Waals surface area contributed by atoms with E-state index in [-0.39, 0.29) is 28.9 Å². The molecule has 13 heteroatoms. The molecule has 6 radical (unpaired) electrons. The highest BCUT2D eigenvalue weighted by atomic mass is 31.1. The van der Waals surface area contributed by atoms with Crippen LogP contribution in [0.3, 0.4) is 0 Å². The largest absolute Gasteiger partial charge is 0.434 e. The average Bonchev–Trinajstić information content (AvgIpc) is 3.48. The van der Waals surface area contributed by atoms with Gasteiger partial charge in [-0.05, 0) is 67.5 Å². The predicted molar refractivity (Wildman–Crippen MR) is 160 cm³/mol. The SMILES string of the molecule is [B]C([B])([B])N(C)C1C[C@H](c2c(C=O)cccc2OC(F)F)n2c1nc1ccc(-c3ccc(P(C)C)c(C(F)F)c3)cc12. The fourth-order valence-electron chi connectivity index (χ4n) is 5.66. The highest BCUT2D eigenvalue weighted by molar-refractivity contribution is 7.64. The van der Waals surface area contributed by atoms with Crippen LogP contribution in [0.25, 0.3) is 22.2 Å². The molecular weight excluding hydrogens is 562 g/mol. The maximum atomic E-state index is 14.0. The number of ether oxygens (including phenoxy) is 1. The smallest absolute Gasteiger partial charge is 0.387 e. The van der Waals surface area contributed by atoms with Gasteiger partial charge in [0.05, 0.1) is 46.7 Å². The van der Waals surface area contributed by atoms with Gasteiger partial charge in [0.15, 0.2) is 6.29 Å². The van der Waals surface area contributed by atoms with Crippen LogP contribution in [0, 0.1) is 0 Å². The van der Waals surface area contributed by atoms with Gasteiger partial charge in [0, 0.05) is 16.7 Å². The van der Waals surface area contributed by atoms with E-state index in [0.29, 0.717) is 39.6 Å². The second-order valence-electron chi connectivity index (χ2n) is 10.5. The molecule has 0 fully saturated rings. The first-order valence-electron chi connectivity index (χ1n) is 13.1. The Kier molecular flexibility index (Phi) is 8.34. The van der Waals surface area contributed by atoms with Gasteiger partial charge < -0.3 is 14.2 Å². The molecule has 5 nitrogen and oxygen atoms in total. The summed E-state index contributed by atoms with van der Waals surface area (Å²) in [4.78, 5) is 18.4. The lowest BCUT2D eigenvalue weighted by Crippen LogP contribution is -2.49. The number of benzene rings is 3. The predicted octanol–water partition coefficient (Wildman–Crippen LogP) is 5.50. The highest BCUT2D eigenvalue weighted by Crippen LogP contribution is 2.48. The second kappa shape index (κ2) is 11.5. The van der Waals surface area contributed by atoms with Gasteiger partial charge in [-0.15, -0.1) is 0 Å². The molecule has 3 aromatic carbocycles. The Morgan fingerprint density at radius 1 is 1.07 bits per heavy atom. The molecule has 2 atom stereocenters. The van der Waals surface area contributed by atoms with Crippen LogP contribution in [-0.2, 0) is 0 Å². The second-order valence-corrected chi connectivity index (χ2v) is 12.8. The number of carbonyl (C=O) groups is 1. The third-order valence-electron chi connectivity index (χ3n) is 7.71. The molecule has 1 aliphatic rings. The minimum Gasteiger partial charge on any atom is -0.434 e. The van der Waals surface area contributed by atoms with E-state index in [4.69, 9.17) is 33.3 Å². The zero-order chi connectivity index (χ0) is 30.5. The summed E-state index contributed by atoms with van der Waals surface area (Å²) in [6.07, 6.45) is -1.82.